The van der Waals surface area contributed by atoms with Crippen molar-refractivity contribution in [2.45, 2.75) is 158 Å². The molecule has 0 aromatic heterocycles. The van der Waals surface area contributed by atoms with E-state index in [0.717, 1.165) is 253 Å². The molecule has 10 aliphatic rings. The van der Waals surface area contributed by atoms with E-state index in [4.69, 9.17) is 47.4 Å². The second-order valence-corrected chi connectivity index (χ2v) is 37.9. The van der Waals surface area contributed by atoms with Crippen molar-refractivity contribution in [3.05, 3.63) is 257 Å². The predicted molar refractivity (Wildman–Crippen MR) is 505 cm³/mol. The number of hydrogen-bond donors (Lipinski definition) is 4. The summed E-state index contributed by atoms with van der Waals surface area (Å²) in [6, 6.07) is 48.4. The number of carboxylic acid groups (broad SMARTS) is 4. The van der Waals surface area contributed by atoms with Crippen molar-refractivity contribution in [1.29, 1.82) is 0 Å². The molecule has 18 rings (SSSR count). The Hall–Kier alpha value is -11.9. The van der Waals surface area contributed by atoms with E-state index in [1.165, 1.54) is 44.6 Å². The van der Waals surface area contributed by atoms with Crippen LogP contribution in [0.4, 0.5) is 0 Å². The topological polar surface area (TPSA) is 289 Å². The first kappa shape index (κ1) is 94.7. The molecule has 2 saturated carbocycles. The minimum atomic E-state index is -0.785. The van der Waals surface area contributed by atoms with Crippen LogP contribution >= 0.6 is 0 Å². The second-order valence-electron chi connectivity index (χ2n) is 37.9. The average Bonchev–Trinajstić information content (AvgIpc) is 1.51. The van der Waals surface area contributed by atoms with E-state index in [2.05, 4.69) is 80.3 Å². The molecule has 4 N–H and O–H groups in total. The maximum atomic E-state index is 12.1. The Morgan fingerprint density at radius 1 is 0.333 bits per heavy atom. The summed E-state index contributed by atoms with van der Waals surface area (Å²) < 4.78 is 57.5. The van der Waals surface area contributed by atoms with Crippen LogP contribution in [0.3, 0.4) is 0 Å². The van der Waals surface area contributed by atoms with Crippen LogP contribution in [0.2, 0.25) is 0 Å². The van der Waals surface area contributed by atoms with Crippen molar-refractivity contribution in [1.82, 2.24) is 19.6 Å². The second kappa shape index (κ2) is 40.7. The average molecular weight is 1800 g/mol. The van der Waals surface area contributed by atoms with Gasteiger partial charge in [0.25, 0.3) is 0 Å². The number of Topliss-reactive ketones (excluding diaryl/α,β-unsaturated/α-hetero) is 2. The van der Waals surface area contributed by atoms with Gasteiger partial charge in [0.1, 0.15) is 72.4 Å². The van der Waals surface area contributed by atoms with Gasteiger partial charge in [-0.15, -0.1) is 0 Å². The monoisotopic (exact) mass is 1800 g/mol. The number of nitrogens with zero attached hydrogens (tertiary/aromatic N) is 4. The summed E-state index contributed by atoms with van der Waals surface area (Å²) in [6.07, 6.45) is 10.2. The number of rotatable bonds is 22. The zero-order valence-electron chi connectivity index (χ0n) is 78.2. The molecule has 696 valence electrons. The molecule has 8 aromatic rings. The molecule has 4 saturated heterocycles. The first-order valence-corrected chi connectivity index (χ1v) is 45.9. The maximum absolute atomic E-state index is 12.1. The fraction of sp³-hybridized carbons (Fsp3) is 0.426. The number of benzene rings is 8. The summed E-state index contributed by atoms with van der Waals surface area (Å²) in [6.45, 7) is 22.4. The highest BCUT2D eigenvalue weighted by Gasteiger charge is 2.53. The molecule has 0 unspecified atom stereocenters. The van der Waals surface area contributed by atoms with Gasteiger partial charge in [0, 0.05) is 137 Å². The van der Waals surface area contributed by atoms with Gasteiger partial charge < -0.3 is 87.4 Å². The lowest BCUT2D eigenvalue weighted by atomic mass is 9.85. The lowest BCUT2D eigenvalue weighted by Gasteiger charge is -2.34. The van der Waals surface area contributed by atoms with E-state index < -0.39 is 45.5 Å². The van der Waals surface area contributed by atoms with Crippen LogP contribution in [0.5, 0.6) is 46.0 Å². The summed E-state index contributed by atoms with van der Waals surface area (Å²) >= 11 is 0. The Bertz CT molecular complexity index is 5510. The molecular formula is C108H124N4O20. The van der Waals surface area contributed by atoms with Crippen LogP contribution in [0.15, 0.2) is 168 Å². The van der Waals surface area contributed by atoms with Crippen LogP contribution in [-0.2, 0) is 68.3 Å². The molecular weight excluding hydrogens is 1670 g/mol. The van der Waals surface area contributed by atoms with Gasteiger partial charge in [0.05, 0.1) is 63.3 Å². The quantitative estimate of drug-likeness (QED) is 0.0459. The molecule has 0 spiro atoms. The first-order chi connectivity index (χ1) is 63.4. The van der Waals surface area contributed by atoms with Gasteiger partial charge in [-0.2, -0.15) is 0 Å². The Labute approximate surface area is 773 Å². The number of methoxy groups -OCH3 is 6. The number of carboxylic acids is 4. The number of ether oxygens (including phenoxy) is 10. The SMILES string of the molecule is COCc1ccc2c(c1)COc1ccc(OC)cc1C2=C1CCN(CC(C)(C)C(=O)O)CC1.COCc1ccc2c(c1)COc1ccc(OC)cc1C2=C1CCN(CC2(C(=O)O)CC2)CC1.COc1ccc2c(c1)COc1ccc(C(C)=O)cc1C2=C1CCN(CC(C)(C)C(=O)O)CC1.COc1ccc2c(c1)COc1ccc(C(C)=O)cc1C2=C1CCN(CC2(C(=O)O)CC2)CC1. The summed E-state index contributed by atoms with van der Waals surface area (Å²) in [5.41, 5.74) is 24.2. The van der Waals surface area contributed by atoms with Crippen LogP contribution in [-0.4, -0.2) is 197 Å². The largest absolute Gasteiger partial charge is 0.497 e. The molecule has 8 aliphatic heterocycles. The lowest BCUT2D eigenvalue weighted by Crippen LogP contribution is -2.42. The molecule has 2 aliphatic carbocycles. The van der Waals surface area contributed by atoms with Gasteiger partial charge in [-0.3, -0.25) is 28.8 Å². The smallest absolute Gasteiger partial charge is 0.310 e. The number of carbonyl (C=O) groups excluding carboxylic acids is 2. The molecule has 0 radical (unpaired) electrons. The van der Waals surface area contributed by atoms with Crippen LogP contribution in [0.25, 0.3) is 22.3 Å². The Morgan fingerprint density at radius 2 is 0.598 bits per heavy atom. The Morgan fingerprint density at radius 3 is 0.871 bits per heavy atom. The maximum Gasteiger partial charge on any atom is 0.310 e. The number of likely N-dealkylation sites (tertiary alicyclic amines) is 4. The van der Waals surface area contributed by atoms with Gasteiger partial charge in [-0.05, 0) is 295 Å². The Kier molecular flexibility index (Phi) is 29.2. The van der Waals surface area contributed by atoms with E-state index in [-0.39, 0.29) is 11.6 Å². The number of piperidine rings is 4. The number of fused-ring (bicyclic) bond motifs is 8. The zero-order chi connectivity index (χ0) is 93.5. The van der Waals surface area contributed by atoms with Gasteiger partial charge in [0.15, 0.2) is 11.6 Å². The standard InChI is InChI=1S/C27H29NO5.2C27H31NO5.C27H33NO5/c1-17(29)19-3-6-24-23(14-19)25(22-5-4-21(32-2)13-20(22)15-33-24)18-7-11-28(12-8-18)16-27(9-10-27)26(30)31;1-31-15-18-3-5-22-20(13-18)16-33-24-6-4-21(32-2)14-23(24)25(22)19-7-11-28(12-8-19)17-27(9-10-27)26(29)30;1-17(29)19-5-8-24-23(14-19)25(22-7-6-21(32-4)13-20(22)15-33-24)18-9-11-28(12-10-18)16-27(2,3)26(30)31;1-27(2,26(29)30)17-28-11-9-19(10-12-28)25-22-7-5-18(15-31-3)13-20(22)16-33-24-8-6-21(32-4)14-23(24)25/h3-6,13-14H,7-12,15-16H2,1-2H3,(H,30,31);3-6,13-14H,7-12,15-17H2,1-2H3,(H,29,30);5-8,13-14H,9-12,15-16H2,1-4H3,(H,30,31);5-8,13-14H,9-12,15-17H2,1-4H3,(H,29,30). The van der Waals surface area contributed by atoms with Crippen molar-refractivity contribution < 1.29 is 96.6 Å². The summed E-state index contributed by atoms with van der Waals surface area (Å²) in [5, 5.41) is 38.2. The minimum absolute atomic E-state index is 0.0204. The summed E-state index contributed by atoms with van der Waals surface area (Å²) in [7, 11) is 10.1. The normalized spacial score (nSPS) is 17.8. The van der Waals surface area contributed by atoms with Crippen molar-refractivity contribution in [3.63, 3.8) is 0 Å². The number of ketones is 2. The summed E-state index contributed by atoms with van der Waals surface area (Å²) in [5.74, 6) is 3.66. The van der Waals surface area contributed by atoms with E-state index in [9.17, 15) is 49.2 Å². The van der Waals surface area contributed by atoms with Crippen LogP contribution in [0.1, 0.15) is 217 Å². The fourth-order valence-electron chi connectivity index (χ4n) is 19.6. The van der Waals surface area contributed by atoms with Gasteiger partial charge in [-0.25, -0.2) is 0 Å². The third-order valence-corrected chi connectivity index (χ3v) is 27.7. The number of carbonyl (C=O) groups is 6. The summed E-state index contributed by atoms with van der Waals surface area (Å²) in [4.78, 5) is 79.8. The molecule has 0 atom stereocenters. The molecule has 24 nitrogen and oxygen atoms in total. The molecule has 24 heteroatoms. The van der Waals surface area contributed by atoms with Gasteiger partial charge in [-0.1, -0.05) is 58.7 Å². The zero-order valence-corrected chi connectivity index (χ0v) is 78.2. The van der Waals surface area contributed by atoms with Crippen molar-refractivity contribution in [2.75, 3.05) is 121 Å². The van der Waals surface area contributed by atoms with Crippen LogP contribution in [0, 0.1) is 21.7 Å². The van der Waals surface area contributed by atoms with E-state index in [0.29, 0.717) is 76.9 Å². The highest BCUT2D eigenvalue weighted by molar-refractivity contribution is 5.99. The highest BCUT2D eigenvalue weighted by atomic mass is 16.5. The third kappa shape index (κ3) is 21.2. The number of hydrogen-bond acceptors (Lipinski definition) is 20. The van der Waals surface area contributed by atoms with E-state index in [1.54, 1.807) is 84.2 Å². The lowest BCUT2D eigenvalue weighted by molar-refractivity contribution is -0.148. The highest BCUT2D eigenvalue weighted by Crippen LogP contribution is 2.52. The number of aliphatic carboxylic acids is 4. The van der Waals surface area contributed by atoms with Gasteiger partial charge >= 0.3 is 23.9 Å². The van der Waals surface area contributed by atoms with Crippen molar-refractivity contribution in [2.24, 2.45) is 21.7 Å². The Balaban J connectivity index is 0.000000135. The molecule has 6 fully saturated rings. The first-order valence-electron chi connectivity index (χ1n) is 45.9. The minimum Gasteiger partial charge on any atom is -0.497 e. The third-order valence-electron chi connectivity index (χ3n) is 27.7. The van der Waals surface area contributed by atoms with E-state index >= 15 is 0 Å². The molecule has 8 aromatic carbocycles. The molecule has 0 bridgehead atoms. The van der Waals surface area contributed by atoms with Gasteiger partial charge in [0.2, 0.25) is 0 Å². The molecule has 0 amide bonds. The predicted octanol–water partition coefficient (Wildman–Crippen LogP) is 18.6. The van der Waals surface area contributed by atoms with E-state index in [1.807, 2.05) is 84.9 Å². The van der Waals surface area contributed by atoms with Crippen LogP contribution < -0.4 is 37.9 Å². The van der Waals surface area contributed by atoms with Crippen molar-refractivity contribution >= 4 is 57.7 Å². The molecule has 8 heterocycles. The fourth-order valence-corrected chi connectivity index (χ4v) is 19.6. The molecule has 132 heavy (non-hydrogen) atoms. The van der Waals surface area contributed by atoms with Crippen molar-refractivity contribution in [3.8, 4) is 46.0 Å².